The highest BCUT2D eigenvalue weighted by molar-refractivity contribution is 6.40. The Labute approximate surface area is 433 Å². The van der Waals surface area contributed by atoms with Crippen LogP contribution in [-0.4, -0.2) is 191 Å². The number of aromatic amines is 1. The molecule has 0 spiro atoms. The molecule has 75 heavy (non-hydrogen) atoms. The van der Waals surface area contributed by atoms with Crippen molar-refractivity contribution in [3.63, 3.8) is 0 Å². The first-order chi connectivity index (χ1) is 35.7. The van der Waals surface area contributed by atoms with Gasteiger partial charge in [0.2, 0.25) is 35.4 Å². The van der Waals surface area contributed by atoms with Crippen molar-refractivity contribution < 1.29 is 53.4 Å². The zero-order valence-corrected chi connectivity index (χ0v) is 42.0. The molecule has 31 nitrogen and oxygen atoms in total. The summed E-state index contributed by atoms with van der Waals surface area (Å²) in [5, 5.41) is 35.6. The monoisotopic (exact) mass is 1060 g/mol. The third-order valence-corrected chi connectivity index (χ3v) is 11.6. The Kier molecular flexibility index (Phi) is 29.5. The molecule has 9 amide bonds. The second-order valence-electron chi connectivity index (χ2n) is 17.4. The number of nitrogens with one attached hydrogen (secondary N) is 7. The average Bonchev–Trinajstić information content (AvgIpc) is 4.10. The zero-order valence-electron chi connectivity index (χ0n) is 42.0. The molecule has 1 aromatic heterocycles. The van der Waals surface area contributed by atoms with Gasteiger partial charge in [-0.1, -0.05) is 12.5 Å². The van der Waals surface area contributed by atoms with E-state index in [0.29, 0.717) is 44.3 Å². The topological polar surface area (TPSA) is 557 Å². The quantitative estimate of drug-likeness (QED) is 0.0130. The molecule has 420 valence electrons. The molecular formula is C44H78N20O11. The van der Waals surface area contributed by atoms with E-state index in [1.165, 1.54) is 23.5 Å². The van der Waals surface area contributed by atoms with Crippen molar-refractivity contribution >= 4 is 64.8 Å². The third-order valence-electron chi connectivity index (χ3n) is 11.6. The lowest BCUT2D eigenvalue weighted by atomic mass is 10.1. The van der Waals surface area contributed by atoms with Crippen LogP contribution in [0.5, 0.6) is 0 Å². The average molecular weight is 1060 g/mol. The highest BCUT2D eigenvalue weighted by atomic mass is 16.3. The number of carbonyl (C=O) groups is 9. The van der Waals surface area contributed by atoms with Crippen LogP contribution in [0.4, 0.5) is 0 Å². The number of aliphatic hydroxyl groups excluding tert-OH is 2. The number of imidazole rings is 1. The summed E-state index contributed by atoms with van der Waals surface area (Å²) < 4.78 is 0. The van der Waals surface area contributed by atoms with Crippen LogP contribution in [-0.2, 0) is 49.6 Å². The molecule has 2 heterocycles. The van der Waals surface area contributed by atoms with Crippen LogP contribution >= 0.6 is 0 Å². The van der Waals surface area contributed by atoms with E-state index in [1.807, 2.05) is 0 Å². The van der Waals surface area contributed by atoms with Crippen molar-refractivity contribution in [2.24, 2.45) is 61.6 Å². The molecule has 1 aliphatic rings. The molecule has 0 radical (unpaired) electrons. The van der Waals surface area contributed by atoms with Gasteiger partial charge in [-0.2, -0.15) is 0 Å². The van der Waals surface area contributed by atoms with Crippen molar-refractivity contribution in [3.8, 4) is 0 Å². The fourth-order valence-electron chi connectivity index (χ4n) is 7.44. The number of aliphatic hydroxyl groups is 2. The van der Waals surface area contributed by atoms with Gasteiger partial charge in [0.05, 0.1) is 31.1 Å². The molecule has 0 bridgehead atoms. The van der Waals surface area contributed by atoms with E-state index in [-0.39, 0.29) is 88.5 Å². The summed E-state index contributed by atoms with van der Waals surface area (Å²) in [6.07, 6.45) is 3.35. The van der Waals surface area contributed by atoms with Crippen LogP contribution in [0.25, 0.3) is 0 Å². The first-order valence-corrected chi connectivity index (χ1v) is 24.6. The van der Waals surface area contributed by atoms with Gasteiger partial charge in [-0.15, -0.1) is 0 Å². The third kappa shape index (κ3) is 22.6. The minimum Gasteiger partial charge on any atom is -0.389 e. The summed E-state index contributed by atoms with van der Waals surface area (Å²) in [6.45, 7) is -1.12. The number of carbonyl (C=O) groups excluding carboxylic acids is 9. The second-order valence-corrected chi connectivity index (χ2v) is 17.4. The number of aromatic nitrogens is 2. The minimum absolute atomic E-state index is 0.0326. The maximum Gasteiger partial charge on any atom is 0.269 e. The molecule has 0 unspecified atom stereocenters. The Hall–Kier alpha value is -7.00. The Morgan fingerprint density at radius 1 is 0.773 bits per heavy atom. The summed E-state index contributed by atoms with van der Waals surface area (Å²) >= 11 is 0. The highest BCUT2D eigenvalue weighted by Gasteiger charge is 2.39. The number of likely N-dealkylation sites (tertiary alicyclic amines) is 1. The van der Waals surface area contributed by atoms with Gasteiger partial charge in [0, 0.05) is 44.5 Å². The first kappa shape index (κ1) is 64.1. The minimum atomic E-state index is -1.84. The number of primary amides is 1. The molecule has 27 N–H and O–H groups in total. The predicted molar refractivity (Wildman–Crippen MR) is 273 cm³/mol. The molecule has 31 heteroatoms. The molecule has 1 fully saturated rings. The van der Waals surface area contributed by atoms with Crippen molar-refractivity contribution in [3.05, 3.63) is 30.0 Å². The van der Waals surface area contributed by atoms with Crippen LogP contribution in [0, 0.1) is 0 Å². The fourth-order valence-corrected chi connectivity index (χ4v) is 7.44. The normalized spacial score (nSPS) is 16.5. The lowest BCUT2D eigenvalue weighted by Crippen LogP contribution is -2.63. The van der Waals surface area contributed by atoms with Gasteiger partial charge in [-0.05, 0) is 83.8 Å². The number of unbranched alkanes of at least 4 members (excludes halogenated alkanes) is 2. The number of hydrogen-bond donors (Lipinski definition) is 18. The number of nitrogens with two attached hydrogens (primary N) is 9. The summed E-state index contributed by atoms with van der Waals surface area (Å²) in [5.74, 6) is -8.51. The molecule has 1 aromatic rings. The Morgan fingerprint density at radius 2 is 1.40 bits per heavy atom. The number of rotatable bonds is 35. The fraction of sp³-hybridized carbons (Fsp3) is 0.636. The Morgan fingerprint density at radius 3 is 1.99 bits per heavy atom. The van der Waals surface area contributed by atoms with Crippen LogP contribution in [0.15, 0.2) is 34.3 Å². The first-order valence-electron chi connectivity index (χ1n) is 24.6. The van der Waals surface area contributed by atoms with E-state index < -0.39 is 121 Å². The summed E-state index contributed by atoms with van der Waals surface area (Å²) in [7, 11) is 0. The van der Waals surface area contributed by atoms with E-state index in [1.54, 1.807) is 0 Å². The lowest BCUT2D eigenvalue weighted by molar-refractivity contribution is -0.136. The van der Waals surface area contributed by atoms with Gasteiger partial charge in [0.1, 0.15) is 41.6 Å². The number of aliphatic imine (C=N–C) groups is 2. The molecule has 8 atom stereocenters. The van der Waals surface area contributed by atoms with Gasteiger partial charge in [-0.25, -0.2) is 9.98 Å². The van der Waals surface area contributed by atoms with E-state index in [0.717, 1.165) is 0 Å². The zero-order chi connectivity index (χ0) is 56.0. The maximum atomic E-state index is 14.2. The smallest absolute Gasteiger partial charge is 0.269 e. The molecule has 1 aliphatic heterocycles. The Bertz CT molecular complexity index is 2140. The number of hydrogen-bond acceptors (Lipinski definition) is 19. The molecule has 0 saturated carbocycles. The largest absolute Gasteiger partial charge is 0.389 e. The maximum absolute atomic E-state index is 14.2. The van der Waals surface area contributed by atoms with Gasteiger partial charge >= 0.3 is 0 Å². The van der Waals surface area contributed by atoms with Crippen molar-refractivity contribution in [2.75, 3.05) is 52.4 Å². The highest BCUT2D eigenvalue weighted by Crippen LogP contribution is 2.20. The van der Waals surface area contributed by atoms with Gasteiger partial charge in [0.25, 0.3) is 17.7 Å². The van der Waals surface area contributed by atoms with Crippen LogP contribution in [0.2, 0.25) is 0 Å². The van der Waals surface area contributed by atoms with Crippen molar-refractivity contribution in [2.45, 2.75) is 126 Å². The molecule has 1 saturated heterocycles. The van der Waals surface area contributed by atoms with E-state index in [2.05, 4.69) is 51.9 Å². The van der Waals surface area contributed by atoms with E-state index in [9.17, 15) is 53.4 Å². The predicted octanol–water partition coefficient (Wildman–Crippen LogP) is -8.92. The standard InChI is InChI=1S/C44H78N20O11/c45-13-3-1-8-25(50)37(69)62-35(32(66)20-49)42(74)63-34(31(65)19-48)41(73)56-22-33(67)58-28(10-5-15-47)43(75)64-17-7-12-30(64)40(72)61-29(18-24-21-54-23-57-24)39(71)60-27(9-2-4-14-46)38(70)59-26(36(51)68)11-6-16-55-44(52)53/h11,21,23,25,27,29-32,34-35,65-66H,1-10,12-20,22,45-50H2,(H2,51,68)(H,54,57)(H,56,73)(H,59,70)(H,60,71)(H,61,72)(H,62,69)(H,63,74)(H4,52,53,55)/b26-11-,58-28?/t25-,27-,29-,30-,31-,32-,34-,35-/m0/s1. The van der Waals surface area contributed by atoms with E-state index >= 15 is 0 Å². The Balaban J connectivity index is 2.32. The van der Waals surface area contributed by atoms with E-state index in [4.69, 9.17) is 51.6 Å². The van der Waals surface area contributed by atoms with Crippen LogP contribution < -0.4 is 83.5 Å². The SMILES string of the molecule is NCCCC[C@H](NC(=O)[C@H](Cc1cnc[nH]1)NC(=O)[C@@H]1CCCN1C(=O)C(CCCN)=NC(=O)CNC(=O)[C@@H](NC(=O)[C@@H](NC(=O)[C@@H](N)CCCCN)[C@@H](O)CN)[C@@H](O)CN)C(=O)N/C(=C\CCN=C(N)N)C(N)=O. The molecule has 0 aliphatic carbocycles. The number of guanidine groups is 1. The molecule has 2 rings (SSSR count). The summed E-state index contributed by atoms with van der Waals surface area (Å²) in [4.78, 5) is 137. The summed E-state index contributed by atoms with van der Waals surface area (Å²) in [6, 6.07) is -8.45. The van der Waals surface area contributed by atoms with Gasteiger partial charge in [0.15, 0.2) is 5.96 Å². The number of H-pyrrole nitrogens is 1. The van der Waals surface area contributed by atoms with Gasteiger partial charge < -0.3 is 104 Å². The van der Waals surface area contributed by atoms with Crippen LogP contribution in [0.1, 0.15) is 76.3 Å². The van der Waals surface area contributed by atoms with Crippen molar-refractivity contribution in [1.29, 1.82) is 0 Å². The van der Waals surface area contributed by atoms with Crippen molar-refractivity contribution in [1.82, 2.24) is 46.8 Å². The van der Waals surface area contributed by atoms with Crippen LogP contribution in [0.3, 0.4) is 0 Å². The lowest BCUT2D eigenvalue weighted by Gasteiger charge is -2.28. The molecule has 0 aromatic carbocycles. The number of nitrogens with zero attached hydrogens (tertiary/aromatic N) is 4. The van der Waals surface area contributed by atoms with Gasteiger partial charge in [-0.3, -0.25) is 48.1 Å². The molecular weight excluding hydrogens is 985 g/mol. The second kappa shape index (κ2) is 34.5. The number of amides is 9. The summed E-state index contributed by atoms with van der Waals surface area (Å²) in [5.41, 5.74) is 50.1.